The van der Waals surface area contributed by atoms with Crippen molar-refractivity contribution in [3.8, 4) is 0 Å². The summed E-state index contributed by atoms with van der Waals surface area (Å²) in [6, 6.07) is 1.42. The van der Waals surface area contributed by atoms with Gasteiger partial charge in [0.05, 0.1) is 31.7 Å². The molecule has 0 spiro atoms. The normalized spacial score (nSPS) is 44.1. The van der Waals surface area contributed by atoms with Gasteiger partial charge in [-0.2, -0.15) is 0 Å². The zero-order valence-corrected chi connectivity index (χ0v) is 14.4. The second kappa shape index (κ2) is 6.58. The standard InChI is InChI=1S/C19H37N2/c1-3-4-6-17-11-18(20)14-21(13-17,12-16-7-5-8-16)19-9-15(2)10-19/h15-19H,3-14,20H2,1-2H3/q+1. The molecule has 0 aromatic carbocycles. The summed E-state index contributed by atoms with van der Waals surface area (Å²) >= 11 is 0. The van der Waals surface area contributed by atoms with Crippen LogP contribution in [0.15, 0.2) is 0 Å². The SMILES string of the molecule is CCCCC1CC(N)C[N+](CC2CCC2)(C2CC(C)C2)C1. The summed E-state index contributed by atoms with van der Waals surface area (Å²) in [4.78, 5) is 0. The topological polar surface area (TPSA) is 26.0 Å². The lowest BCUT2D eigenvalue weighted by Gasteiger charge is -2.57. The Morgan fingerprint density at radius 2 is 1.81 bits per heavy atom. The molecule has 2 heteroatoms. The van der Waals surface area contributed by atoms with Crippen molar-refractivity contribution in [3.63, 3.8) is 0 Å². The van der Waals surface area contributed by atoms with E-state index in [0.717, 1.165) is 23.8 Å². The number of rotatable bonds is 6. The van der Waals surface area contributed by atoms with E-state index in [4.69, 9.17) is 5.73 Å². The number of likely N-dealkylation sites (tertiary alicyclic amines) is 1. The van der Waals surface area contributed by atoms with Crippen LogP contribution in [-0.2, 0) is 0 Å². The molecule has 3 aliphatic rings. The van der Waals surface area contributed by atoms with E-state index in [-0.39, 0.29) is 0 Å². The van der Waals surface area contributed by atoms with Crippen LogP contribution in [0.2, 0.25) is 0 Å². The van der Waals surface area contributed by atoms with E-state index in [9.17, 15) is 0 Å². The maximum absolute atomic E-state index is 6.54. The molecule has 21 heavy (non-hydrogen) atoms. The van der Waals surface area contributed by atoms with E-state index in [2.05, 4.69) is 13.8 Å². The van der Waals surface area contributed by atoms with Gasteiger partial charge in [0.2, 0.25) is 0 Å². The molecule has 0 aromatic rings. The fourth-order valence-electron chi connectivity index (χ4n) is 5.43. The number of piperidine rings is 1. The first-order chi connectivity index (χ1) is 10.1. The Morgan fingerprint density at radius 1 is 1.05 bits per heavy atom. The molecule has 122 valence electrons. The van der Waals surface area contributed by atoms with Gasteiger partial charge in [-0.1, -0.05) is 33.1 Å². The smallest absolute Gasteiger partial charge is 0.0942 e. The third-order valence-corrected chi connectivity index (χ3v) is 6.79. The zero-order chi connectivity index (χ0) is 14.9. The molecule has 3 rings (SSSR count). The summed E-state index contributed by atoms with van der Waals surface area (Å²) in [6.45, 7) is 8.98. The number of quaternary nitrogens is 1. The van der Waals surface area contributed by atoms with Gasteiger partial charge in [-0.25, -0.2) is 0 Å². The molecule has 3 atom stereocenters. The van der Waals surface area contributed by atoms with Crippen LogP contribution in [0.25, 0.3) is 0 Å². The predicted molar refractivity (Wildman–Crippen MR) is 90.0 cm³/mol. The lowest BCUT2D eigenvalue weighted by atomic mass is 9.74. The Bertz CT molecular complexity index is 332. The van der Waals surface area contributed by atoms with E-state index < -0.39 is 0 Å². The minimum Gasteiger partial charge on any atom is -0.323 e. The molecule has 2 nitrogen and oxygen atoms in total. The van der Waals surface area contributed by atoms with Crippen LogP contribution in [0.4, 0.5) is 0 Å². The molecule has 1 heterocycles. The van der Waals surface area contributed by atoms with Crippen LogP contribution in [-0.4, -0.2) is 36.2 Å². The largest absolute Gasteiger partial charge is 0.323 e. The number of nitrogens with two attached hydrogens (primary N) is 1. The Morgan fingerprint density at radius 3 is 2.38 bits per heavy atom. The summed E-state index contributed by atoms with van der Waals surface area (Å²) in [6.07, 6.45) is 12.9. The lowest BCUT2D eigenvalue weighted by molar-refractivity contribution is -0.969. The molecule has 3 unspecified atom stereocenters. The Kier molecular flexibility index (Phi) is 4.95. The lowest BCUT2D eigenvalue weighted by Crippen LogP contribution is -2.69. The Labute approximate surface area is 132 Å². The van der Waals surface area contributed by atoms with Crippen molar-refractivity contribution in [3.05, 3.63) is 0 Å². The molecule has 2 aliphatic carbocycles. The van der Waals surface area contributed by atoms with Crippen molar-refractivity contribution in [2.45, 2.75) is 83.7 Å². The molecule has 2 N–H and O–H groups in total. The molecule has 1 aliphatic heterocycles. The minimum atomic E-state index is 0.469. The highest BCUT2D eigenvalue weighted by Crippen LogP contribution is 2.43. The van der Waals surface area contributed by atoms with Crippen LogP contribution >= 0.6 is 0 Å². The number of unbranched alkanes of at least 4 members (excludes halogenated alkanes) is 1. The predicted octanol–water partition coefficient (Wildman–Crippen LogP) is 3.94. The van der Waals surface area contributed by atoms with E-state index in [1.54, 1.807) is 0 Å². The first-order valence-corrected chi connectivity index (χ1v) is 9.72. The highest BCUT2D eigenvalue weighted by atomic mass is 15.4. The summed E-state index contributed by atoms with van der Waals surface area (Å²) in [5, 5.41) is 0. The van der Waals surface area contributed by atoms with Gasteiger partial charge in [-0.15, -0.1) is 0 Å². The quantitative estimate of drug-likeness (QED) is 0.738. The monoisotopic (exact) mass is 293 g/mol. The number of hydrogen-bond donors (Lipinski definition) is 1. The molecule has 2 saturated carbocycles. The van der Waals surface area contributed by atoms with Crippen molar-refractivity contribution in [1.82, 2.24) is 0 Å². The van der Waals surface area contributed by atoms with Crippen molar-refractivity contribution in [1.29, 1.82) is 0 Å². The molecule has 0 aromatic heterocycles. The van der Waals surface area contributed by atoms with Crippen LogP contribution in [0.3, 0.4) is 0 Å². The van der Waals surface area contributed by atoms with Gasteiger partial charge in [-0.05, 0) is 31.6 Å². The Hall–Kier alpha value is -0.0800. The van der Waals surface area contributed by atoms with Gasteiger partial charge in [0.1, 0.15) is 0 Å². The van der Waals surface area contributed by atoms with Crippen LogP contribution in [0.1, 0.15) is 71.6 Å². The summed E-state index contributed by atoms with van der Waals surface area (Å²) in [5.41, 5.74) is 6.54. The molecular weight excluding hydrogens is 256 g/mol. The molecular formula is C19H37N2+. The van der Waals surface area contributed by atoms with Crippen molar-refractivity contribution >= 4 is 0 Å². The fourth-order valence-corrected chi connectivity index (χ4v) is 5.43. The van der Waals surface area contributed by atoms with E-state index >= 15 is 0 Å². The first kappa shape index (κ1) is 15.8. The maximum Gasteiger partial charge on any atom is 0.0942 e. The summed E-state index contributed by atoms with van der Waals surface area (Å²) in [7, 11) is 0. The summed E-state index contributed by atoms with van der Waals surface area (Å²) < 4.78 is 1.42. The van der Waals surface area contributed by atoms with Crippen molar-refractivity contribution in [2.24, 2.45) is 23.5 Å². The third kappa shape index (κ3) is 3.47. The van der Waals surface area contributed by atoms with Gasteiger partial charge >= 0.3 is 0 Å². The van der Waals surface area contributed by atoms with E-state index in [1.807, 2.05) is 0 Å². The van der Waals surface area contributed by atoms with Gasteiger partial charge < -0.3 is 10.2 Å². The van der Waals surface area contributed by atoms with Gasteiger partial charge in [0, 0.05) is 24.7 Å². The van der Waals surface area contributed by atoms with E-state index in [1.165, 1.54) is 81.9 Å². The first-order valence-electron chi connectivity index (χ1n) is 9.72. The second-order valence-electron chi connectivity index (χ2n) is 8.80. The molecule has 0 amide bonds. The third-order valence-electron chi connectivity index (χ3n) is 6.79. The molecule has 0 radical (unpaired) electrons. The number of nitrogens with zero attached hydrogens (tertiary/aromatic N) is 1. The highest BCUT2D eigenvalue weighted by Gasteiger charge is 2.49. The maximum atomic E-state index is 6.54. The average molecular weight is 294 g/mol. The fraction of sp³-hybridized carbons (Fsp3) is 1.00. The zero-order valence-electron chi connectivity index (χ0n) is 14.4. The Balaban J connectivity index is 1.69. The van der Waals surface area contributed by atoms with E-state index in [0.29, 0.717) is 6.04 Å². The van der Waals surface area contributed by atoms with Crippen LogP contribution in [0.5, 0.6) is 0 Å². The van der Waals surface area contributed by atoms with Crippen molar-refractivity contribution in [2.75, 3.05) is 19.6 Å². The molecule has 1 saturated heterocycles. The molecule has 3 fully saturated rings. The van der Waals surface area contributed by atoms with Crippen LogP contribution in [0, 0.1) is 17.8 Å². The highest BCUT2D eigenvalue weighted by molar-refractivity contribution is 4.85. The molecule has 0 bridgehead atoms. The number of hydrogen-bond acceptors (Lipinski definition) is 1. The van der Waals surface area contributed by atoms with Gasteiger partial charge in [-0.3, -0.25) is 0 Å². The average Bonchev–Trinajstić information content (AvgIpc) is 2.37. The van der Waals surface area contributed by atoms with Crippen LogP contribution < -0.4 is 5.73 Å². The second-order valence-corrected chi connectivity index (χ2v) is 8.80. The minimum absolute atomic E-state index is 0.469. The van der Waals surface area contributed by atoms with Crippen molar-refractivity contribution < 1.29 is 4.48 Å². The summed E-state index contributed by atoms with van der Waals surface area (Å²) in [5.74, 6) is 2.90. The van der Waals surface area contributed by atoms with Gasteiger partial charge in [0.25, 0.3) is 0 Å². The van der Waals surface area contributed by atoms with Gasteiger partial charge in [0.15, 0.2) is 0 Å².